The highest BCUT2D eigenvalue weighted by Crippen LogP contribution is 2.34. The molecule has 0 amide bonds. The molecule has 3 aromatic rings. The van der Waals surface area contributed by atoms with E-state index in [1.165, 1.54) is 23.9 Å². The fourth-order valence-corrected chi connectivity index (χ4v) is 5.12. The Kier molecular flexibility index (Phi) is 5.88. The Hall–Kier alpha value is -2.85. The van der Waals surface area contributed by atoms with Crippen LogP contribution in [0.25, 0.3) is 22.5 Å². The summed E-state index contributed by atoms with van der Waals surface area (Å²) in [7, 11) is 1.81. The maximum absolute atomic E-state index is 14.9. The van der Waals surface area contributed by atoms with Gasteiger partial charge in [-0.2, -0.15) is 0 Å². The number of benzene rings is 1. The molecule has 2 aliphatic heterocycles. The van der Waals surface area contributed by atoms with Gasteiger partial charge in [0, 0.05) is 30.9 Å². The first-order valence-electron chi connectivity index (χ1n) is 10.8. The second-order valence-electron chi connectivity index (χ2n) is 8.49. The third kappa shape index (κ3) is 4.13. The molecule has 2 saturated heterocycles. The fourth-order valence-electron chi connectivity index (χ4n) is 4.71. The van der Waals surface area contributed by atoms with Crippen LogP contribution in [0.1, 0.15) is 19.3 Å². The van der Waals surface area contributed by atoms with E-state index in [1.54, 1.807) is 30.8 Å². The third-order valence-corrected chi connectivity index (χ3v) is 7.22. The van der Waals surface area contributed by atoms with Gasteiger partial charge >= 0.3 is 0 Å². The van der Waals surface area contributed by atoms with Crippen molar-refractivity contribution in [3.63, 3.8) is 0 Å². The molecule has 2 aliphatic rings. The number of phenolic OH excluding ortho intramolecular Hbond substituents is 1. The minimum Gasteiger partial charge on any atom is -0.507 e. The van der Waals surface area contributed by atoms with Crippen molar-refractivity contribution in [3.8, 4) is 28.3 Å². The molecule has 172 valence electrons. The van der Waals surface area contributed by atoms with Gasteiger partial charge in [-0.15, -0.1) is 22.0 Å². The average Bonchev–Trinajstić information content (AvgIpc) is 3.24. The number of alkyl halides is 1. The van der Waals surface area contributed by atoms with Crippen LogP contribution in [-0.2, 0) is 0 Å². The summed E-state index contributed by atoms with van der Waals surface area (Å²) in [4.78, 5) is 10.3. The molecule has 2 N–H and O–H groups in total. The molecule has 0 aliphatic carbocycles. The number of halogens is 2. The van der Waals surface area contributed by atoms with Gasteiger partial charge in [-0.1, -0.05) is 6.07 Å². The molecular weight excluding hydrogens is 446 g/mol. The van der Waals surface area contributed by atoms with Crippen molar-refractivity contribution in [2.24, 2.45) is 0 Å². The fraction of sp³-hybridized carbons (Fsp3) is 0.391. The molecule has 4 atom stereocenters. The number of phenols is 1. The SMILES string of the molecule is CSc1ncc(-c2ccc(-c3ncc(N(C)[C@@H]4C[C@@H]5CC[C@H](N5)[C@@H]4F)nn3)c(O)c2)cc1F. The van der Waals surface area contributed by atoms with E-state index in [0.29, 0.717) is 40.0 Å². The molecule has 0 unspecified atom stereocenters. The Bertz CT molecular complexity index is 1160. The molecule has 7 nitrogen and oxygen atoms in total. The molecule has 33 heavy (non-hydrogen) atoms. The third-order valence-electron chi connectivity index (χ3n) is 6.53. The quantitative estimate of drug-likeness (QED) is 0.544. The Morgan fingerprint density at radius 3 is 2.67 bits per heavy atom. The molecule has 4 heterocycles. The molecule has 10 heteroatoms. The summed E-state index contributed by atoms with van der Waals surface area (Å²) in [6.45, 7) is 0. The average molecular weight is 471 g/mol. The predicted octanol–water partition coefficient (Wildman–Crippen LogP) is 3.83. The monoisotopic (exact) mass is 470 g/mol. The highest BCUT2D eigenvalue weighted by Gasteiger charge is 2.43. The standard InChI is InChI=1S/C23H24F2N6OS/c1-31(18-9-14-4-6-17(28-14)21(18)25)20-11-26-22(30-29-20)15-5-3-12(8-19(15)32)13-7-16(24)23(33-2)27-10-13/h3,5,7-8,10-11,14,17-18,21,28,32H,4,6,9H2,1-2H3/t14-,17-,18+,21-/m0/s1. The topological polar surface area (TPSA) is 87.1 Å². The van der Waals surface area contributed by atoms with Crippen LogP contribution in [0.5, 0.6) is 5.75 Å². The van der Waals surface area contributed by atoms with E-state index in [4.69, 9.17) is 0 Å². The van der Waals surface area contributed by atoms with Gasteiger partial charge in [0.05, 0.1) is 17.8 Å². The normalized spacial score (nSPS) is 24.1. The molecule has 1 aromatic carbocycles. The largest absolute Gasteiger partial charge is 0.507 e. The van der Waals surface area contributed by atoms with Gasteiger partial charge in [-0.3, -0.25) is 0 Å². The minimum atomic E-state index is -0.976. The molecule has 0 spiro atoms. The van der Waals surface area contributed by atoms with Crippen molar-refractivity contribution in [2.45, 2.75) is 48.6 Å². The van der Waals surface area contributed by atoms with Crippen molar-refractivity contribution < 1.29 is 13.9 Å². The summed E-state index contributed by atoms with van der Waals surface area (Å²) in [5.74, 6) is 0.274. The second kappa shape index (κ2) is 8.83. The minimum absolute atomic E-state index is 0.0523. The van der Waals surface area contributed by atoms with Gasteiger partial charge in [0.25, 0.3) is 0 Å². The highest BCUT2D eigenvalue weighted by atomic mass is 32.2. The Morgan fingerprint density at radius 2 is 1.97 bits per heavy atom. The summed E-state index contributed by atoms with van der Waals surface area (Å²) in [6, 6.07) is 6.27. The van der Waals surface area contributed by atoms with E-state index >= 15 is 0 Å². The number of fused-ring (bicyclic) bond motifs is 2. The number of hydrogen-bond acceptors (Lipinski definition) is 8. The van der Waals surface area contributed by atoms with Gasteiger partial charge in [0.15, 0.2) is 17.5 Å². The first-order chi connectivity index (χ1) is 15.9. The van der Waals surface area contributed by atoms with Crippen LogP contribution in [0.4, 0.5) is 14.6 Å². The zero-order chi connectivity index (χ0) is 23.1. The molecule has 2 fully saturated rings. The van der Waals surface area contributed by atoms with Crippen molar-refractivity contribution >= 4 is 17.6 Å². The first kappa shape index (κ1) is 22.0. The van der Waals surface area contributed by atoms with E-state index < -0.39 is 12.0 Å². The van der Waals surface area contributed by atoms with Crippen LogP contribution in [-0.4, -0.2) is 62.9 Å². The smallest absolute Gasteiger partial charge is 0.185 e. The highest BCUT2D eigenvalue weighted by molar-refractivity contribution is 7.98. The Morgan fingerprint density at radius 1 is 1.12 bits per heavy atom. The summed E-state index contributed by atoms with van der Waals surface area (Å²) in [5, 5.41) is 22.6. The lowest BCUT2D eigenvalue weighted by molar-refractivity contribution is 0.176. The summed E-state index contributed by atoms with van der Waals surface area (Å²) < 4.78 is 29.0. The number of anilines is 1. The van der Waals surface area contributed by atoms with E-state index in [-0.39, 0.29) is 23.7 Å². The predicted molar refractivity (Wildman–Crippen MR) is 124 cm³/mol. The number of nitrogens with one attached hydrogen (secondary N) is 1. The summed E-state index contributed by atoms with van der Waals surface area (Å²) in [6.07, 6.45) is 6.47. The van der Waals surface area contributed by atoms with Crippen molar-refractivity contribution in [3.05, 3.63) is 42.5 Å². The lowest BCUT2D eigenvalue weighted by atomic mass is 9.96. The van der Waals surface area contributed by atoms with Gasteiger partial charge in [0.2, 0.25) is 0 Å². The summed E-state index contributed by atoms with van der Waals surface area (Å²) >= 11 is 1.23. The van der Waals surface area contributed by atoms with Gasteiger partial charge in [0.1, 0.15) is 16.9 Å². The van der Waals surface area contributed by atoms with Crippen LogP contribution in [0.2, 0.25) is 0 Å². The van der Waals surface area contributed by atoms with Crippen LogP contribution in [0, 0.1) is 5.82 Å². The lowest BCUT2D eigenvalue weighted by Crippen LogP contribution is -2.55. The summed E-state index contributed by atoms with van der Waals surface area (Å²) in [5.41, 5.74) is 1.58. The molecule has 0 saturated carbocycles. The zero-order valence-electron chi connectivity index (χ0n) is 18.2. The van der Waals surface area contributed by atoms with Crippen molar-refractivity contribution in [2.75, 3.05) is 18.2 Å². The first-order valence-corrected chi connectivity index (χ1v) is 12.0. The number of rotatable bonds is 5. The van der Waals surface area contributed by atoms with E-state index in [1.807, 2.05) is 11.9 Å². The maximum atomic E-state index is 14.9. The van der Waals surface area contributed by atoms with E-state index in [2.05, 4.69) is 25.5 Å². The van der Waals surface area contributed by atoms with Gasteiger partial charge in [-0.25, -0.2) is 18.7 Å². The van der Waals surface area contributed by atoms with E-state index in [9.17, 15) is 13.9 Å². The Balaban J connectivity index is 1.35. The zero-order valence-corrected chi connectivity index (χ0v) is 19.1. The van der Waals surface area contributed by atoms with Gasteiger partial charge < -0.3 is 15.3 Å². The van der Waals surface area contributed by atoms with Crippen LogP contribution in [0.3, 0.4) is 0 Å². The van der Waals surface area contributed by atoms with Crippen LogP contribution >= 0.6 is 11.8 Å². The number of hydrogen-bond donors (Lipinski definition) is 2. The molecule has 5 rings (SSSR count). The van der Waals surface area contributed by atoms with Crippen molar-refractivity contribution in [1.82, 2.24) is 25.5 Å². The molecule has 2 bridgehead atoms. The van der Waals surface area contributed by atoms with Crippen LogP contribution in [0.15, 0.2) is 41.7 Å². The number of thioether (sulfide) groups is 1. The van der Waals surface area contributed by atoms with E-state index in [0.717, 1.165) is 12.8 Å². The molecule has 2 aromatic heterocycles. The molecule has 0 radical (unpaired) electrons. The van der Waals surface area contributed by atoms with Crippen LogP contribution < -0.4 is 10.2 Å². The number of pyridine rings is 1. The number of aromatic nitrogens is 4. The number of piperidine rings is 1. The second-order valence-corrected chi connectivity index (χ2v) is 9.29. The molecular formula is C23H24F2N6OS. The maximum Gasteiger partial charge on any atom is 0.185 e. The Labute approximate surface area is 194 Å². The van der Waals surface area contributed by atoms with Crippen molar-refractivity contribution in [1.29, 1.82) is 0 Å². The number of aromatic hydroxyl groups is 1. The van der Waals surface area contributed by atoms with Gasteiger partial charge in [-0.05, 0) is 49.3 Å². The number of nitrogens with zero attached hydrogens (tertiary/aromatic N) is 5. The lowest BCUT2D eigenvalue weighted by Gasteiger charge is -2.38.